The Morgan fingerprint density at radius 1 is 1.06 bits per heavy atom. The number of nitrogens with zero attached hydrogens (tertiary/aromatic N) is 2. The Morgan fingerprint density at radius 3 is 2.43 bits per heavy atom. The van der Waals surface area contributed by atoms with Crippen LogP contribution in [0.5, 0.6) is 0 Å². The van der Waals surface area contributed by atoms with Crippen molar-refractivity contribution in [2.45, 2.75) is 131 Å². The van der Waals surface area contributed by atoms with E-state index in [-0.39, 0.29) is 69.4 Å². The third kappa shape index (κ3) is 4.76. The summed E-state index contributed by atoms with van der Waals surface area (Å²) in [6, 6.07) is 0. The number of rotatable bonds is 6. The first-order valence-electron chi connectivity index (χ1n) is 18.6. The fourth-order valence-corrected chi connectivity index (χ4v) is 14.1. The summed E-state index contributed by atoms with van der Waals surface area (Å²) in [6.45, 7) is 17.9. The summed E-state index contributed by atoms with van der Waals surface area (Å²) in [5, 5.41) is 12.4. The maximum atomic E-state index is 12.7. The van der Waals surface area contributed by atoms with Gasteiger partial charge in [0.05, 0.1) is 43.8 Å². The molecule has 1 amide bonds. The summed E-state index contributed by atoms with van der Waals surface area (Å²) in [7, 11) is -1.67. The zero-order chi connectivity index (χ0) is 34.1. The average molecular weight is 679 g/mol. The standard InChI is InChI=1S/C37H62N2O7S/c1-22(2)32(41)39-16-17-44-28(20-39)46-27-12-13-36-21-37(36)15-14-34(6)29-23(3)18-24(19-38(8)47(9,42)43)45-30(29)31(40)35(34,7)26(37)11-10-25(36)33(27,4)5/h22-31,40H,10-21H2,1-9H3/t23?,24?,25-,26-,27?,28-,29?,30?,31-,34+,35+,36+,37-/m0/s1. The molecule has 7 rings (SSSR count). The maximum Gasteiger partial charge on any atom is 0.225 e. The second-order valence-electron chi connectivity index (χ2n) is 18.5. The highest BCUT2D eigenvalue weighted by atomic mass is 32.2. The van der Waals surface area contributed by atoms with Crippen LogP contribution in [-0.2, 0) is 29.0 Å². The van der Waals surface area contributed by atoms with Crippen LogP contribution >= 0.6 is 0 Å². The van der Waals surface area contributed by atoms with Gasteiger partial charge in [0, 0.05) is 31.5 Å². The van der Waals surface area contributed by atoms with E-state index in [1.807, 2.05) is 18.7 Å². The van der Waals surface area contributed by atoms with Crippen LogP contribution in [-0.4, -0.2) is 98.9 Å². The van der Waals surface area contributed by atoms with Gasteiger partial charge in [-0.3, -0.25) is 4.79 Å². The number of carbonyl (C=O) groups is 1. The molecule has 2 saturated heterocycles. The Hall–Kier alpha value is -0.780. The quantitative estimate of drug-likeness (QED) is 0.426. The molecule has 0 aromatic rings. The third-order valence-electron chi connectivity index (χ3n) is 16.0. The normalized spacial score (nSPS) is 50.3. The number of likely N-dealkylation sites (N-methyl/N-ethyl adjacent to an activating group) is 1. The van der Waals surface area contributed by atoms with Gasteiger partial charge >= 0.3 is 0 Å². The lowest BCUT2D eigenvalue weighted by molar-refractivity contribution is -0.248. The van der Waals surface area contributed by atoms with E-state index in [0.717, 1.165) is 38.5 Å². The highest BCUT2D eigenvalue weighted by molar-refractivity contribution is 7.88. The van der Waals surface area contributed by atoms with Gasteiger partial charge in [-0.15, -0.1) is 0 Å². The van der Waals surface area contributed by atoms with E-state index in [9.17, 15) is 18.3 Å². The summed E-state index contributed by atoms with van der Waals surface area (Å²) in [4.78, 5) is 14.7. The molecule has 0 bridgehead atoms. The molecule has 2 aliphatic heterocycles. The second kappa shape index (κ2) is 11.1. The van der Waals surface area contributed by atoms with Crippen molar-refractivity contribution in [3.05, 3.63) is 0 Å². The Bertz CT molecular complexity index is 1370. The summed E-state index contributed by atoms with van der Waals surface area (Å²) >= 11 is 0. The minimum Gasteiger partial charge on any atom is -0.390 e. The van der Waals surface area contributed by atoms with Crippen molar-refractivity contribution in [1.82, 2.24) is 9.21 Å². The molecule has 7 fully saturated rings. The minimum absolute atomic E-state index is 0.0131. The summed E-state index contributed by atoms with van der Waals surface area (Å²) < 4.78 is 45.5. The maximum absolute atomic E-state index is 12.7. The molecule has 10 heteroatoms. The summed E-state index contributed by atoms with van der Waals surface area (Å²) in [5.74, 6) is 1.77. The van der Waals surface area contributed by atoms with Crippen LogP contribution in [0.1, 0.15) is 99.8 Å². The van der Waals surface area contributed by atoms with E-state index in [1.165, 1.54) is 23.4 Å². The topological polar surface area (TPSA) is 106 Å². The van der Waals surface area contributed by atoms with Crippen molar-refractivity contribution in [3.63, 3.8) is 0 Å². The van der Waals surface area contributed by atoms with E-state index in [0.29, 0.717) is 44.0 Å². The Kier molecular flexibility index (Phi) is 8.19. The lowest BCUT2D eigenvalue weighted by atomic mass is 9.41. The number of amides is 1. The molecule has 5 unspecified atom stereocenters. The van der Waals surface area contributed by atoms with E-state index < -0.39 is 16.1 Å². The predicted molar refractivity (Wildman–Crippen MR) is 180 cm³/mol. The molecule has 7 aliphatic rings. The molecule has 9 nitrogen and oxygen atoms in total. The van der Waals surface area contributed by atoms with Gasteiger partial charge in [0.15, 0.2) is 6.29 Å². The first-order valence-corrected chi connectivity index (χ1v) is 20.5. The smallest absolute Gasteiger partial charge is 0.225 e. The van der Waals surface area contributed by atoms with Crippen LogP contribution in [0.4, 0.5) is 0 Å². The molecule has 0 aromatic heterocycles. The van der Waals surface area contributed by atoms with E-state index >= 15 is 0 Å². The Morgan fingerprint density at radius 2 is 1.74 bits per heavy atom. The van der Waals surface area contributed by atoms with Crippen molar-refractivity contribution >= 4 is 15.9 Å². The van der Waals surface area contributed by atoms with E-state index in [4.69, 9.17) is 14.2 Å². The number of aliphatic hydroxyl groups is 1. The number of fused-ring (bicyclic) bond motifs is 4. The number of carbonyl (C=O) groups excluding carboxylic acids is 1. The SMILES string of the molecule is CC(C)C(=O)N1CCO[C@@H](OC2CC[C@]34C[C@]35CC[C@]3(C)C6C(C)CC(CN(C)S(C)(=O)=O)OC6[C@H](O)[C@@]3(C)[C@@H]5CC[C@H]4C2(C)C)C1. The lowest BCUT2D eigenvalue weighted by Gasteiger charge is -2.64. The molecule has 5 aliphatic carbocycles. The van der Waals surface area contributed by atoms with Gasteiger partial charge in [0.25, 0.3) is 0 Å². The number of morpholine rings is 1. The molecule has 13 atom stereocenters. The van der Waals surface area contributed by atoms with Gasteiger partial charge in [-0.2, -0.15) is 0 Å². The molecule has 1 N–H and O–H groups in total. The number of aliphatic hydroxyl groups excluding tert-OH is 1. The number of hydrogen-bond donors (Lipinski definition) is 1. The third-order valence-corrected chi connectivity index (χ3v) is 17.3. The second-order valence-corrected chi connectivity index (χ2v) is 20.6. The van der Waals surface area contributed by atoms with Crippen molar-refractivity contribution in [2.75, 3.05) is 39.5 Å². The number of sulfonamides is 1. The van der Waals surface area contributed by atoms with Crippen LogP contribution in [0.25, 0.3) is 0 Å². The van der Waals surface area contributed by atoms with Crippen LogP contribution in [0, 0.1) is 56.7 Å². The first-order chi connectivity index (χ1) is 21.8. The first kappa shape index (κ1) is 34.7. The molecule has 2 heterocycles. The largest absolute Gasteiger partial charge is 0.390 e. The molecular formula is C37H62N2O7S. The fraction of sp³-hybridized carbons (Fsp3) is 0.973. The highest BCUT2D eigenvalue weighted by Gasteiger charge is 2.84. The average Bonchev–Trinajstić information content (AvgIpc) is 3.62. The minimum atomic E-state index is -3.30. The summed E-state index contributed by atoms with van der Waals surface area (Å²) in [5.41, 5.74) is 0.255. The van der Waals surface area contributed by atoms with Crippen LogP contribution < -0.4 is 0 Å². The molecule has 5 saturated carbocycles. The van der Waals surface area contributed by atoms with Gasteiger partial charge < -0.3 is 24.2 Å². The zero-order valence-corrected chi connectivity index (χ0v) is 31.3. The molecule has 47 heavy (non-hydrogen) atoms. The monoisotopic (exact) mass is 678 g/mol. The summed E-state index contributed by atoms with van der Waals surface area (Å²) in [6.07, 6.45) is 8.80. The van der Waals surface area contributed by atoms with Gasteiger partial charge in [-0.25, -0.2) is 12.7 Å². The van der Waals surface area contributed by atoms with Gasteiger partial charge in [0.1, 0.15) is 0 Å². The van der Waals surface area contributed by atoms with Crippen molar-refractivity contribution in [2.24, 2.45) is 56.7 Å². The Labute approximate surface area is 283 Å². The van der Waals surface area contributed by atoms with Crippen LogP contribution in [0.3, 0.4) is 0 Å². The molecule has 268 valence electrons. The molecule has 0 aromatic carbocycles. The molecular weight excluding hydrogens is 616 g/mol. The predicted octanol–water partition coefficient (Wildman–Crippen LogP) is 4.92. The highest BCUT2D eigenvalue weighted by Crippen LogP contribution is 2.89. The van der Waals surface area contributed by atoms with Crippen molar-refractivity contribution in [3.8, 4) is 0 Å². The van der Waals surface area contributed by atoms with Gasteiger partial charge in [-0.05, 0) is 96.7 Å². The van der Waals surface area contributed by atoms with Gasteiger partial charge in [0.2, 0.25) is 15.9 Å². The van der Waals surface area contributed by atoms with Gasteiger partial charge in [-0.1, -0.05) is 48.5 Å². The van der Waals surface area contributed by atoms with Crippen molar-refractivity contribution < 1.29 is 32.5 Å². The zero-order valence-electron chi connectivity index (χ0n) is 30.5. The number of hydrogen-bond acceptors (Lipinski definition) is 7. The van der Waals surface area contributed by atoms with Crippen LogP contribution in [0.15, 0.2) is 0 Å². The van der Waals surface area contributed by atoms with E-state index in [1.54, 1.807) is 7.05 Å². The van der Waals surface area contributed by atoms with E-state index in [2.05, 4.69) is 34.6 Å². The lowest BCUT2D eigenvalue weighted by Crippen LogP contribution is -2.60. The molecule has 2 spiro atoms. The Balaban J connectivity index is 1.10. The number of ether oxygens (including phenoxy) is 3. The molecule has 0 radical (unpaired) electrons. The fourth-order valence-electron chi connectivity index (χ4n) is 13.6. The van der Waals surface area contributed by atoms with Crippen LogP contribution in [0.2, 0.25) is 0 Å². The van der Waals surface area contributed by atoms with Crippen molar-refractivity contribution in [1.29, 1.82) is 0 Å².